The highest BCUT2D eigenvalue weighted by atomic mass is 19.3. The third kappa shape index (κ3) is 4.97. The lowest BCUT2D eigenvalue weighted by molar-refractivity contribution is -0.0450. The van der Waals surface area contributed by atoms with Crippen LogP contribution in [-0.2, 0) is 0 Å². The van der Waals surface area contributed by atoms with Crippen LogP contribution in [0.3, 0.4) is 0 Å². The van der Waals surface area contributed by atoms with Crippen LogP contribution < -0.4 is 0 Å². The first-order valence-corrected chi connectivity index (χ1v) is 4.57. The number of alkyl halides is 2. The van der Waals surface area contributed by atoms with Crippen LogP contribution in [0.1, 0.15) is 6.92 Å². The van der Waals surface area contributed by atoms with Crippen LogP contribution in [0.5, 0.6) is 0 Å². The fourth-order valence-corrected chi connectivity index (χ4v) is 0.833. The van der Waals surface area contributed by atoms with E-state index < -0.39 is 12.0 Å². The molecule has 14 heavy (non-hydrogen) atoms. The van der Waals surface area contributed by atoms with E-state index in [9.17, 15) is 8.78 Å². The Labute approximate surface area is 84.2 Å². The molecule has 78 valence electrons. The first-order chi connectivity index (χ1) is 6.54. The van der Waals surface area contributed by atoms with Gasteiger partial charge in [-0.3, -0.25) is 0 Å². The maximum absolute atomic E-state index is 12.9. The maximum atomic E-state index is 12.9. The summed E-state index contributed by atoms with van der Waals surface area (Å²) < 4.78 is 25.8. The zero-order valence-corrected chi connectivity index (χ0v) is 8.45. The van der Waals surface area contributed by atoms with Gasteiger partial charge in [-0.2, -0.15) is 8.78 Å². The van der Waals surface area contributed by atoms with Crippen LogP contribution in [-0.4, -0.2) is 25.0 Å². The Morgan fingerprint density at radius 3 is 2.57 bits per heavy atom. The molecule has 1 atom stereocenters. The Morgan fingerprint density at radius 2 is 2.07 bits per heavy atom. The van der Waals surface area contributed by atoms with Crippen molar-refractivity contribution in [2.75, 3.05) is 0 Å². The number of halogens is 2. The largest absolute Gasteiger partial charge is 0.382 e. The molecule has 1 N–H and O–H groups in total. The number of hydrogen-bond donors (Lipinski definition) is 1. The molecule has 0 aliphatic carbocycles. The monoisotopic (exact) mass is 200 g/mol. The molecule has 0 heterocycles. The molecule has 0 aromatic carbocycles. The van der Waals surface area contributed by atoms with Crippen molar-refractivity contribution in [3.05, 3.63) is 36.5 Å². The van der Waals surface area contributed by atoms with Gasteiger partial charge in [-0.1, -0.05) is 30.6 Å². The highest BCUT2D eigenvalue weighted by molar-refractivity contribution is 6.09. The first-order valence-electron chi connectivity index (χ1n) is 4.57. The van der Waals surface area contributed by atoms with E-state index in [1.54, 1.807) is 6.08 Å². The smallest absolute Gasteiger partial charge is 0.295 e. The lowest BCUT2D eigenvalue weighted by Gasteiger charge is -2.15. The van der Waals surface area contributed by atoms with Crippen molar-refractivity contribution in [2.24, 2.45) is 0 Å². The van der Waals surface area contributed by atoms with Crippen molar-refractivity contribution in [1.29, 1.82) is 0 Å². The summed E-state index contributed by atoms with van der Waals surface area (Å²) in [5, 5.41) is 9.09. The molecule has 0 saturated carbocycles. The second kappa shape index (κ2) is 6.54. The third-order valence-corrected chi connectivity index (χ3v) is 1.56. The summed E-state index contributed by atoms with van der Waals surface area (Å²) in [5.74, 6) is -3.19. The lowest BCUT2D eigenvalue weighted by atomic mass is 10.1. The van der Waals surface area contributed by atoms with Crippen molar-refractivity contribution in [3.8, 4) is 0 Å². The van der Waals surface area contributed by atoms with E-state index in [1.165, 1.54) is 19.1 Å². The topological polar surface area (TPSA) is 20.2 Å². The molecule has 0 fully saturated rings. The van der Waals surface area contributed by atoms with Crippen LogP contribution in [0.15, 0.2) is 36.5 Å². The van der Waals surface area contributed by atoms with Crippen molar-refractivity contribution >= 4 is 7.85 Å². The third-order valence-electron chi connectivity index (χ3n) is 1.56. The fourth-order valence-electron chi connectivity index (χ4n) is 0.833. The maximum Gasteiger partial charge on any atom is 0.295 e. The molecule has 1 nitrogen and oxygen atoms in total. The van der Waals surface area contributed by atoms with Gasteiger partial charge in [0.1, 0.15) is 14.0 Å². The molecule has 4 heteroatoms. The summed E-state index contributed by atoms with van der Waals surface area (Å²) in [4.78, 5) is 0. The number of allylic oxidation sites excluding steroid dienone is 4. The van der Waals surface area contributed by atoms with Crippen molar-refractivity contribution in [2.45, 2.75) is 25.3 Å². The molecule has 0 saturated heterocycles. The van der Waals surface area contributed by atoms with Gasteiger partial charge in [-0.15, -0.1) is 0 Å². The fraction of sp³-hybridized carbons (Fsp3) is 0.400. The minimum atomic E-state index is -3.19. The number of rotatable bonds is 5. The summed E-state index contributed by atoms with van der Waals surface area (Å²) >= 11 is 0. The van der Waals surface area contributed by atoms with Crippen LogP contribution in [0.2, 0.25) is 6.32 Å². The minimum Gasteiger partial charge on any atom is -0.382 e. The highest BCUT2D eigenvalue weighted by Crippen LogP contribution is 2.21. The summed E-state index contributed by atoms with van der Waals surface area (Å²) in [6.45, 7) is 1.49. The Bertz CT molecular complexity index is 234. The molecule has 0 bridgehead atoms. The zero-order valence-electron chi connectivity index (χ0n) is 8.45. The quantitative estimate of drug-likeness (QED) is 0.407. The van der Waals surface area contributed by atoms with E-state index in [-0.39, 0.29) is 0 Å². The average Bonchev–Trinajstić information content (AvgIpc) is 2.12. The van der Waals surface area contributed by atoms with Gasteiger partial charge in [0.15, 0.2) is 0 Å². The molecule has 0 aliphatic heterocycles. The normalized spacial score (nSPS) is 16.0. The van der Waals surface area contributed by atoms with Gasteiger partial charge in [0.2, 0.25) is 0 Å². The van der Waals surface area contributed by atoms with E-state index in [0.717, 1.165) is 12.4 Å². The molecule has 0 radical (unpaired) electrons. The highest BCUT2D eigenvalue weighted by Gasteiger charge is 2.32. The first kappa shape index (κ1) is 13.1. The second-order valence-electron chi connectivity index (χ2n) is 2.84. The standard InChI is InChI=1S/C10H15BF2O/c1-2-7-10(12,13)9(14)6-4-3-5-8-11/h2-7,9,14H,8,11H2,1H3/b5-3-,6-4+,7-2-/t9-/m1/s1. The Morgan fingerprint density at radius 1 is 1.43 bits per heavy atom. The Hall–Kier alpha value is -0.895. The molecule has 0 unspecified atom stereocenters. The Kier molecular flexibility index (Phi) is 6.12. The second-order valence-corrected chi connectivity index (χ2v) is 2.84. The van der Waals surface area contributed by atoms with Gasteiger partial charge in [0, 0.05) is 0 Å². The zero-order chi connectivity index (χ0) is 11.0. The molecule has 0 aromatic rings. The van der Waals surface area contributed by atoms with Gasteiger partial charge >= 0.3 is 0 Å². The van der Waals surface area contributed by atoms with Gasteiger partial charge in [0.25, 0.3) is 5.92 Å². The van der Waals surface area contributed by atoms with Crippen molar-refractivity contribution in [3.63, 3.8) is 0 Å². The van der Waals surface area contributed by atoms with Gasteiger partial charge < -0.3 is 5.11 Å². The van der Waals surface area contributed by atoms with Crippen molar-refractivity contribution in [1.82, 2.24) is 0 Å². The number of aliphatic hydroxyl groups excluding tert-OH is 1. The molecule has 0 aromatic heterocycles. The number of aliphatic hydroxyl groups is 1. The van der Waals surface area contributed by atoms with E-state index in [1.807, 2.05) is 13.9 Å². The molecule has 0 rings (SSSR count). The van der Waals surface area contributed by atoms with Crippen LogP contribution in [0.25, 0.3) is 0 Å². The number of hydrogen-bond acceptors (Lipinski definition) is 1. The van der Waals surface area contributed by atoms with Crippen LogP contribution in [0.4, 0.5) is 8.78 Å². The van der Waals surface area contributed by atoms with Gasteiger partial charge in [-0.25, -0.2) is 0 Å². The average molecular weight is 200 g/mol. The molecular formula is C10H15BF2O. The molecule has 0 spiro atoms. The summed E-state index contributed by atoms with van der Waals surface area (Å²) in [5.41, 5.74) is 0. The molecule has 0 aliphatic rings. The Balaban J connectivity index is 4.25. The van der Waals surface area contributed by atoms with Crippen LogP contribution in [0, 0.1) is 0 Å². The van der Waals surface area contributed by atoms with E-state index in [0.29, 0.717) is 6.08 Å². The van der Waals surface area contributed by atoms with Crippen LogP contribution >= 0.6 is 0 Å². The predicted octanol–water partition coefficient (Wildman–Crippen LogP) is 1.72. The summed E-state index contributed by atoms with van der Waals surface area (Å²) in [6.07, 6.45) is 6.93. The van der Waals surface area contributed by atoms with E-state index in [4.69, 9.17) is 5.11 Å². The minimum absolute atomic E-state index is 0.686. The van der Waals surface area contributed by atoms with E-state index >= 15 is 0 Å². The summed E-state index contributed by atoms with van der Waals surface area (Å²) in [6, 6.07) is 0. The molecular weight excluding hydrogens is 185 g/mol. The summed E-state index contributed by atoms with van der Waals surface area (Å²) in [7, 11) is 1.94. The predicted molar refractivity (Wildman–Crippen MR) is 57.4 cm³/mol. The lowest BCUT2D eigenvalue weighted by Crippen LogP contribution is -2.29. The molecule has 0 amide bonds. The van der Waals surface area contributed by atoms with Crippen molar-refractivity contribution < 1.29 is 13.9 Å². The van der Waals surface area contributed by atoms with Gasteiger partial charge in [-0.05, 0) is 19.1 Å². The SMILES string of the molecule is BC/C=C\C=C\[C@@H](O)C(F)(F)/C=C\C. The van der Waals surface area contributed by atoms with E-state index in [2.05, 4.69) is 0 Å². The van der Waals surface area contributed by atoms with Gasteiger partial charge in [0.05, 0.1) is 0 Å².